The topological polar surface area (TPSA) is 115 Å². The van der Waals surface area contributed by atoms with E-state index in [1.807, 2.05) is 32.0 Å². The van der Waals surface area contributed by atoms with Crippen LogP contribution in [0.1, 0.15) is 11.4 Å². The Morgan fingerprint density at radius 1 is 1.00 bits per heavy atom. The summed E-state index contributed by atoms with van der Waals surface area (Å²) < 4.78 is 29.8. The molecule has 30 heavy (non-hydrogen) atoms. The van der Waals surface area contributed by atoms with Gasteiger partial charge in [-0.15, -0.1) is 0 Å². The summed E-state index contributed by atoms with van der Waals surface area (Å²) in [4.78, 5) is 12.8. The van der Waals surface area contributed by atoms with Crippen LogP contribution in [0.4, 0.5) is 5.82 Å². The van der Waals surface area contributed by atoms with Crippen molar-refractivity contribution in [2.24, 2.45) is 0 Å². The highest BCUT2D eigenvalue weighted by Crippen LogP contribution is 2.20. The van der Waals surface area contributed by atoms with Gasteiger partial charge in [-0.1, -0.05) is 18.2 Å². The number of aromatic nitrogens is 5. The third-order valence-corrected chi connectivity index (χ3v) is 5.98. The lowest BCUT2D eigenvalue weighted by Gasteiger charge is -2.10. The van der Waals surface area contributed by atoms with Gasteiger partial charge in [-0.05, 0) is 32.0 Å². The fourth-order valence-electron chi connectivity index (χ4n) is 3.17. The van der Waals surface area contributed by atoms with Gasteiger partial charge in [0.2, 0.25) is 10.0 Å². The number of benzene rings is 1. The maximum absolute atomic E-state index is 12.7. The van der Waals surface area contributed by atoms with Gasteiger partial charge in [0.25, 0.3) is 0 Å². The number of sulfonamides is 1. The number of nitrogens with zero attached hydrogens (tertiary/aromatic N) is 5. The first-order chi connectivity index (χ1) is 14.4. The summed E-state index contributed by atoms with van der Waals surface area (Å²) in [6, 6.07) is 12.4. The Morgan fingerprint density at radius 2 is 1.83 bits per heavy atom. The van der Waals surface area contributed by atoms with Gasteiger partial charge < -0.3 is 5.32 Å². The number of anilines is 1. The first-order valence-corrected chi connectivity index (χ1v) is 10.9. The molecule has 3 heterocycles. The SMILES string of the molecule is Cc1cc(C)n(-c2cc(NCCNS(=O)(=O)c3cccc4cccnc34)ncn2)n1. The Labute approximate surface area is 174 Å². The van der Waals surface area contributed by atoms with E-state index >= 15 is 0 Å². The van der Waals surface area contributed by atoms with Crippen molar-refractivity contribution in [3.05, 3.63) is 66.4 Å². The maximum Gasteiger partial charge on any atom is 0.242 e. The van der Waals surface area contributed by atoms with Gasteiger partial charge >= 0.3 is 0 Å². The van der Waals surface area contributed by atoms with Crippen molar-refractivity contribution in [1.82, 2.24) is 29.5 Å². The number of hydrogen-bond donors (Lipinski definition) is 2. The molecule has 4 rings (SSSR count). The van der Waals surface area contributed by atoms with Crippen molar-refractivity contribution in [1.29, 1.82) is 0 Å². The quantitative estimate of drug-likeness (QED) is 0.438. The molecule has 10 heteroatoms. The van der Waals surface area contributed by atoms with Crippen molar-refractivity contribution in [2.75, 3.05) is 18.4 Å². The monoisotopic (exact) mass is 423 g/mol. The second-order valence-corrected chi connectivity index (χ2v) is 8.49. The van der Waals surface area contributed by atoms with Gasteiger partial charge in [0, 0.05) is 36.4 Å². The van der Waals surface area contributed by atoms with E-state index in [1.165, 1.54) is 6.33 Å². The summed E-state index contributed by atoms with van der Waals surface area (Å²) in [6.07, 6.45) is 3.03. The fourth-order valence-corrected chi connectivity index (χ4v) is 4.38. The Kier molecular flexibility index (Phi) is 5.42. The summed E-state index contributed by atoms with van der Waals surface area (Å²) >= 11 is 0. The lowest BCUT2D eigenvalue weighted by atomic mass is 10.2. The number of rotatable bonds is 7. The van der Waals surface area contributed by atoms with E-state index in [-0.39, 0.29) is 11.4 Å². The summed E-state index contributed by atoms with van der Waals surface area (Å²) in [5.41, 5.74) is 2.32. The molecule has 0 bridgehead atoms. The molecule has 0 unspecified atom stereocenters. The molecule has 0 aliphatic carbocycles. The van der Waals surface area contributed by atoms with Crippen LogP contribution in [-0.2, 0) is 10.0 Å². The average Bonchev–Trinajstić information content (AvgIpc) is 3.09. The van der Waals surface area contributed by atoms with Crippen LogP contribution < -0.4 is 10.0 Å². The fraction of sp³-hybridized carbons (Fsp3) is 0.200. The average molecular weight is 424 g/mol. The Morgan fingerprint density at radius 3 is 2.63 bits per heavy atom. The molecule has 154 valence electrons. The zero-order chi connectivity index (χ0) is 21.1. The molecule has 0 aliphatic rings. The predicted molar refractivity (Wildman–Crippen MR) is 114 cm³/mol. The van der Waals surface area contributed by atoms with Crippen molar-refractivity contribution < 1.29 is 8.42 Å². The van der Waals surface area contributed by atoms with Crippen molar-refractivity contribution >= 4 is 26.7 Å². The van der Waals surface area contributed by atoms with Crippen molar-refractivity contribution in [2.45, 2.75) is 18.7 Å². The summed E-state index contributed by atoms with van der Waals surface area (Å²) in [5, 5.41) is 8.29. The van der Waals surface area contributed by atoms with Crippen LogP contribution in [0.15, 0.2) is 59.9 Å². The molecule has 0 atom stereocenters. The summed E-state index contributed by atoms with van der Waals surface area (Å²) in [7, 11) is -3.69. The zero-order valence-electron chi connectivity index (χ0n) is 16.6. The Hall–Kier alpha value is -3.37. The molecule has 1 aromatic carbocycles. The Balaban J connectivity index is 1.41. The van der Waals surface area contributed by atoms with Crippen LogP contribution in [0.2, 0.25) is 0 Å². The minimum absolute atomic E-state index is 0.162. The highest BCUT2D eigenvalue weighted by molar-refractivity contribution is 7.89. The van der Waals surface area contributed by atoms with Gasteiger partial charge in [-0.3, -0.25) is 4.98 Å². The maximum atomic E-state index is 12.7. The van der Waals surface area contributed by atoms with Crippen LogP contribution in [0, 0.1) is 13.8 Å². The molecule has 4 aromatic rings. The van der Waals surface area contributed by atoms with Gasteiger partial charge in [-0.25, -0.2) is 27.8 Å². The molecule has 0 aliphatic heterocycles. The highest BCUT2D eigenvalue weighted by Gasteiger charge is 2.17. The first-order valence-electron chi connectivity index (χ1n) is 9.37. The lowest BCUT2D eigenvalue weighted by molar-refractivity contribution is 0.583. The van der Waals surface area contributed by atoms with E-state index in [4.69, 9.17) is 0 Å². The third kappa shape index (κ3) is 4.14. The number of pyridine rings is 1. The molecule has 0 spiro atoms. The van der Waals surface area contributed by atoms with Gasteiger partial charge in [-0.2, -0.15) is 5.10 Å². The molecule has 0 saturated heterocycles. The van der Waals surface area contributed by atoms with Crippen LogP contribution in [0.25, 0.3) is 16.7 Å². The number of aryl methyl sites for hydroxylation is 2. The number of hydrogen-bond acceptors (Lipinski definition) is 7. The summed E-state index contributed by atoms with van der Waals surface area (Å²) in [5.74, 6) is 1.22. The van der Waals surface area contributed by atoms with E-state index in [2.05, 4.69) is 30.1 Å². The normalized spacial score (nSPS) is 11.7. The molecule has 0 fully saturated rings. The minimum Gasteiger partial charge on any atom is -0.369 e. The van der Waals surface area contributed by atoms with E-state index < -0.39 is 10.0 Å². The zero-order valence-corrected chi connectivity index (χ0v) is 17.4. The lowest BCUT2D eigenvalue weighted by Crippen LogP contribution is -2.29. The van der Waals surface area contributed by atoms with Crippen molar-refractivity contribution in [3.8, 4) is 5.82 Å². The van der Waals surface area contributed by atoms with Gasteiger partial charge in [0.15, 0.2) is 5.82 Å². The molecule has 2 N–H and O–H groups in total. The molecule has 9 nitrogen and oxygen atoms in total. The Bertz CT molecular complexity index is 1300. The third-order valence-electron chi connectivity index (χ3n) is 4.49. The molecular weight excluding hydrogens is 402 g/mol. The smallest absolute Gasteiger partial charge is 0.242 e. The molecule has 0 amide bonds. The highest BCUT2D eigenvalue weighted by atomic mass is 32.2. The molecule has 0 saturated carbocycles. The minimum atomic E-state index is -3.69. The standard InChI is InChI=1S/C20H21N7O2S/c1-14-11-15(2)27(26-14)19-12-18(23-13-24-19)21-9-10-25-30(28,29)17-7-3-5-16-6-4-8-22-20(16)17/h3-8,11-13,25H,9-10H2,1-2H3,(H,21,23,24). The second-order valence-electron chi connectivity index (χ2n) is 6.76. The van der Waals surface area contributed by atoms with Crippen LogP contribution in [-0.4, -0.2) is 46.2 Å². The predicted octanol–water partition coefficient (Wildman–Crippen LogP) is 2.22. The van der Waals surface area contributed by atoms with Crippen LogP contribution in [0.3, 0.4) is 0 Å². The number of nitrogens with one attached hydrogen (secondary N) is 2. The summed E-state index contributed by atoms with van der Waals surface area (Å²) in [6.45, 7) is 4.41. The number of para-hydroxylation sites is 1. The van der Waals surface area contributed by atoms with E-state index in [1.54, 1.807) is 35.1 Å². The van der Waals surface area contributed by atoms with Gasteiger partial charge in [0.05, 0.1) is 11.2 Å². The second kappa shape index (κ2) is 8.17. The molecule has 3 aromatic heterocycles. The largest absolute Gasteiger partial charge is 0.369 e. The molecule has 0 radical (unpaired) electrons. The van der Waals surface area contributed by atoms with E-state index in [0.29, 0.717) is 23.7 Å². The van der Waals surface area contributed by atoms with E-state index in [0.717, 1.165) is 16.8 Å². The van der Waals surface area contributed by atoms with Gasteiger partial charge in [0.1, 0.15) is 17.0 Å². The van der Waals surface area contributed by atoms with E-state index in [9.17, 15) is 8.42 Å². The number of fused-ring (bicyclic) bond motifs is 1. The van der Waals surface area contributed by atoms with Crippen molar-refractivity contribution in [3.63, 3.8) is 0 Å². The molecular formula is C20H21N7O2S. The van der Waals surface area contributed by atoms with Crippen LogP contribution in [0.5, 0.6) is 0 Å². The van der Waals surface area contributed by atoms with Crippen LogP contribution >= 0.6 is 0 Å². The first kappa shape index (κ1) is 19.9.